The highest BCUT2D eigenvalue weighted by atomic mass is 32.1. The van der Waals surface area contributed by atoms with Gasteiger partial charge in [0.2, 0.25) is 0 Å². The molecule has 0 aliphatic carbocycles. The number of nitrogens with one attached hydrogen (secondary N) is 3. The second-order valence-corrected chi connectivity index (χ2v) is 4.12. The summed E-state index contributed by atoms with van der Waals surface area (Å²) < 4.78 is 0. The Bertz CT molecular complexity index is 283. The second-order valence-electron chi connectivity index (χ2n) is 3.71. The van der Waals surface area contributed by atoms with Crippen molar-refractivity contribution in [1.82, 2.24) is 25.8 Å². The van der Waals surface area contributed by atoms with E-state index >= 15 is 0 Å². The van der Waals surface area contributed by atoms with Crippen LogP contribution in [-0.2, 0) is 6.42 Å². The molecule has 1 rings (SSSR count). The highest BCUT2D eigenvalue weighted by Gasteiger charge is 1.98. The van der Waals surface area contributed by atoms with Crippen LogP contribution in [0.1, 0.15) is 19.7 Å². The van der Waals surface area contributed by atoms with Crippen molar-refractivity contribution in [2.45, 2.75) is 20.3 Å². The number of aromatic amines is 1. The minimum atomic E-state index is 0.596. The number of thiocarbonyl (C=S) groups is 1. The number of hydrogen-bond donors (Lipinski definition) is 3. The Labute approximate surface area is 95.1 Å². The highest BCUT2D eigenvalue weighted by Crippen LogP contribution is 1.87. The van der Waals surface area contributed by atoms with Crippen molar-refractivity contribution in [2.24, 2.45) is 5.92 Å². The van der Waals surface area contributed by atoms with Gasteiger partial charge in [0, 0.05) is 19.5 Å². The van der Waals surface area contributed by atoms with Gasteiger partial charge in [-0.1, -0.05) is 13.8 Å². The fraction of sp³-hybridized carbons (Fsp3) is 0.667. The van der Waals surface area contributed by atoms with Crippen LogP contribution in [-0.4, -0.2) is 33.4 Å². The van der Waals surface area contributed by atoms with Gasteiger partial charge in [0.05, 0.1) is 0 Å². The molecule has 0 unspecified atom stereocenters. The van der Waals surface area contributed by atoms with Gasteiger partial charge in [-0.25, -0.2) is 4.98 Å². The minimum absolute atomic E-state index is 0.596. The Balaban J connectivity index is 2.07. The fourth-order valence-corrected chi connectivity index (χ4v) is 1.19. The zero-order valence-corrected chi connectivity index (χ0v) is 9.90. The van der Waals surface area contributed by atoms with Gasteiger partial charge in [-0.05, 0) is 18.1 Å². The van der Waals surface area contributed by atoms with E-state index in [2.05, 4.69) is 39.7 Å². The van der Waals surface area contributed by atoms with Gasteiger partial charge in [0.15, 0.2) is 5.11 Å². The maximum absolute atomic E-state index is 5.10. The quantitative estimate of drug-likeness (QED) is 0.638. The molecule has 0 saturated heterocycles. The summed E-state index contributed by atoms with van der Waals surface area (Å²) in [6.45, 7) is 5.95. The van der Waals surface area contributed by atoms with Crippen LogP contribution in [0.2, 0.25) is 0 Å². The standard InChI is InChI=1S/C9H17N5S/c1-7(2)5-11-9(15)10-4-3-8-12-6-13-14-8/h6-7H,3-5H2,1-2H3,(H2,10,11,15)(H,12,13,14). The molecule has 5 nitrogen and oxygen atoms in total. The zero-order valence-electron chi connectivity index (χ0n) is 9.08. The topological polar surface area (TPSA) is 65.6 Å². The van der Waals surface area contributed by atoms with E-state index in [9.17, 15) is 0 Å². The molecule has 1 heterocycles. The van der Waals surface area contributed by atoms with Crippen molar-refractivity contribution >= 4 is 17.3 Å². The van der Waals surface area contributed by atoms with Crippen molar-refractivity contribution < 1.29 is 0 Å². The van der Waals surface area contributed by atoms with Gasteiger partial charge < -0.3 is 10.6 Å². The van der Waals surface area contributed by atoms with E-state index in [0.717, 1.165) is 25.3 Å². The van der Waals surface area contributed by atoms with E-state index in [4.69, 9.17) is 12.2 Å². The molecule has 0 aliphatic rings. The van der Waals surface area contributed by atoms with E-state index in [1.54, 1.807) is 0 Å². The monoisotopic (exact) mass is 227 g/mol. The largest absolute Gasteiger partial charge is 0.362 e. The fourth-order valence-electron chi connectivity index (χ4n) is 1.01. The number of H-pyrrole nitrogens is 1. The van der Waals surface area contributed by atoms with Gasteiger partial charge in [-0.2, -0.15) is 5.10 Å². The molecule has 0 aliphatic heterocycles. The third-order valence-electron chi connectivity index (χ3n) is 1.78. The summed E-state index contributed by atoms with van der Waals surface area (Å²) in [7, 11) is 0. The Morgan fingerprint density at radius 2 is 2.33 bits per heavy atom. The molecule has 6 heteroatoms. The third-order valence-corrected chi connectivity index (χ3v) is 2.07. The average molecular weight is 227 g/mol. The smallest absolute Gasteiger partial charge is 0.166 e. The number of hydrogen-bond acceptors (Lipinski definition) is 3. The van der Waals surface area contributed by atoms with Crippen molar-refractivity contribution in [3.8, 4) is 0 Å². The van der Waals surface area contributed by atoms with Crippen LogP contribution in [0.25, 0.3) is 0 Å². The summed E-state index contributed by atoms with van der Waals surface area (Å²) in [6, 6.07) is 0. The molecule has 0 fully saturated rings. The number of nitrogens with zero attached hydrogens (tertiary/aromatic N) is 2. The molecule has 0 saturated carbocycles. The molecule has 0 amide bonds. The van der Waals surface area contributed by atoms with Gasteiger partial charge in [-0.3, -0.25) is 5.10 Å². The minimum Gasteiger partial charge on any atom is -0.362 e. The van der Waals surface area contributed by atoms with Crippen LogP contribution in [0, 0.1) is 5.92 Å². The van der Waals surface area contributed by atoms with Crippen LogP contribution < -0.4 is 10.6 Å². The van der Waals surface area contributed by atoms with Gasteiger partial charge >= 0.3 is 0 Å². The second kappa shape index (κ2) is 6.34. The van der Waals surface area contributed by atoms with Gasteiger partial charge in [-0.15, -0.1) is 0 Å². The first-order valence-electron chi connectivity index (χ1n) is 5.04. The Kier molecular flexibility index (Phi) is 5.03. The van der Waals surface area contributed by atoms with E-state index in [1.807, 2.05) is 0 Å². The first-order chi connectivity index (χ1) is 7.18. The maximum Gasteiger partial charge on any atom is 0.166 e. The molecule has 0 aromatic carbocycles. The molecule has 3 N–H and O–H groups in total. The van der Waals surface area contributed by atoms with E-state index in [-0.39, 0.29) is 0 Å². The first-order valence-corrected chi connectivity index (χ1v) is 5.45. The Morgan fingerprint density at radius 3 is 2.93 bits per heavy atom. The molecule has 84 valence electrons. The zero-order chi connectivity index (χ0) is 11.1. The summed E-state index contributed by atoms with van der Waals surface area (Å²) in [5, 5.41) is 13.5. The molecule has 0 bridgehead atoms. The lowest BCUT2D eigenvalue weighted by molar-refractivity contribution is 0.619. The molecule has 1 aromatic rings. The highest BCUT2D eigenvalue weighted by molar-refractivity contribution is 7.80. The van der Waals surface area contributed by atoms with Gasteiger partial charge in [0.25, 0.3) is 0 Å². The number of rotatable bonds is 5. The van der Waals surface area contributed by atoms with Gasteiger partial charge in [0.1, 0.15) is 12.2 Å². The summed E-state index contributed by atoms with van der Waals surface area (Å²) in [5.74, 6) is 1.47. The summed E-state index contributed by atoms with van der Waals surface area (Å²) >= 11 is 5.10. The lowest BCUT2D eigenvalue weighted by atomic mass is 10.2. The van der Waals surface area contributed by atoms with Crippen LogP contribution in [0.4, 0.5) is 0 Å². The van der Waals surface area contributed by atoms with Crippen LogP contribution >= 0.6 is 12.2 Å². The summed E-state index contributed by atoms with van der Waals surface area (Å²) in [4.78, 5) is 4.02. The summed E-state index contributed by atoms with van der Waals surface area (Å²) in [6.07, 6.45) is 2.30. The Hall–Kier alpha value is -1.17. The molecule has 0 spiro atoms. The average Bonchev–Trinajstić information content (AvgIpc) is 2.67. The number of aromatic nitrogens is 3. The molecule has 15 heavy (non-hydrogen) atoms. The first kappa shape index (κ1) is 11.9. The maximum atomic E-state index is 5.10. The molecular formula is C9H17N5S. The normalized spacial score (nSPS) is 10.3. The lowest BCUT2D eigenvalue weighted by Gasteiger charge is -2.11. The molecule has 0 atom stereocenters. The predicted molar refractivity (Wildman–Crippen MR) is 63.5 cm³/mol. The Morgan fingerprint density at radius 1 is 1.53 bits per heavy atom. The van der Waals surface area contributed by atoms with E-state index in [0.29, 0.717) is 11.0 Å². The molecule has 0 radical (unpaired) electrons. The van der Waals surface area contributed by atoms with Crippen molar-refractivity contribution in [2.75, 3.05) is 13.1 Å². The van der Waals surface area contributed by atoms with Crippen LogP contribution in [0.15, 0.2) is 6.33 Å². The van der Waals surface area contributed by atoms with Crippen molar-refractivity contribution in [3.05, 3.63) is 12.2 Å². The van der Waals surface area contributed by atoms with Crippen LogP contribution in [0.5, 0.6) is 0 Å². The van der Waals surface area contributed by atoms with Crippen molar-refractivity contribution in [3.63, 3.8) is 0 Å². The predicted octanol–water partition coefficient (Wildman–Crippen LogP) is 0.467. The SMILES string of the molecule is CC(C)CNC(=S)NCCc1ncn[nH]1. The third kappa shape index (κ3) is 5.31. The molecular weight excluding hydrogens is 210 g/mol. The van der Waals surface area contributed by atoms with E-state index < -0.39 is 0 Å². The van der Waals surface area contributed by atoms with Crippen LogP contribution in [0.3, 0.4) is 0 Å². The summed E-state index contributed by atoms with van der Waals surface area (Å²) in [5.41, 5.74) is 0. The lowest BCUT2D eigenvalue weighted by Crippen LogP contribution is -2.38. The van der Waals surface area contributed by atoms with Crippen molar-refractivity contribution in [1.29, 1.82) is 0 Å². The van der Waals surface area contributed by atoms with E-state index in [1.165, 1.54) is 6.33 Å². The molecule has 1 aromatic heterocycles.